The first kappa shape index (κ1) is 12.2. The molecule has 1 aromatic carbocycles. The van der Waals surface area contributed by atoms with Gasteiger partial charge in [-0.15, -0.1) is 0 Å². The van der Waals surface area contributed by atoms with Crippen molar-refractivity contribution < 1.29 is 19.7 Å². The van der Waals surface area contributed by atoms with Crippen LogP contribution in [-0.2, 0) is 11.2 Å². The molecule has 0 fully saturated rings. The van der Waals surface area contributed by atoms with Crippen molar-refractivity contribution in [1.82, 2.24) is 0 Å². The van der Waals surface area contributed by atoms with Gasteiger partial charge in [0.2, 0.25) is 0 Å². The first-order valence-electron chi connectivity index (χ1n) is 5.54. The van der Waals surface area contributed by atoms with E-state index in [0.717, 1.165) is 17.2 Å². The lowest BCUT2D eigenvalue weighted by molar-refractivity contribution is -0.268. The van der Waals surface area contributed by atoms with E-state index in [9.17, 15) is 9.90 Å². The fraction of sp³-hybridized carbons (Fsp3) is 0.214. The van der Waals surface area contributed by atoms with Gasteiger partial charge in [0, 0.05) is 12.5 Å². The van der Waals surface area contributed by atoms with Crippen LogP contribution in [0.15, 0.2) is 30.4 Å². The van der Waals surface area contributed by atoms with Gasteiger partial charge in [0.15, 0.2) is 0 Å². The summed E-state index contributed by atoms with van der Waals surface area (Å²) in [6, 6.07) is 3.08. The first-order valence-corrected chi connectivity index (χ1v) is 5.54. The van der Waals surface area contributed by atoms with Crippen molar-refractivity contribution >= 4 is 12.0 Å². The van der Waals surface area contributed by atoms with Gasteiger partial charge in [-0.05, 0) is 41.8 Å². The Morgan fingerprint density at radius 3 is 2.94 bits per heavy atom. The van der Waals surface area contributed by atoms with Crippen molar-refractivity contribution in [2.45, 2.75) is 19.4 Å². The van der Waals surface area contributed by atoms with Crippen molar-refractivity contribution in [1.29, 1.82) is 0 Å². The molecule has 1 aromatic rings. The zero-order valence-corrected chi connectivity index (χ0v) is 9.97. The van der Waals surface area contributed by atoms with Crippen molar-refractivity contribution in [3.8, 4) is 11.5 Å². The van der Waals surface area contributed by atoms with Gasteiger partial charge in [0.25, 0.3) is 0 Å². The summed E-state index contributed by atoms with van der Waals surface area (Å²) in [5.41, 5.74) is 2.18. The smallest absolute Gasteiger partial charge is 0.328 e. The lowest BCUT2D eigenvalue weighted by Crippen LogP contribution is -2.13. The van der Waals surface area contributed by atoms with Crippen LogP contribution in [0.1, 0.15) is 18.1 Å². The number of carbonyl (C=O) groups is 1. The summed E-state index contributed by atoms with van der Waals surface area (Å²) in [5.74, 6) is -0.750. The molecule has 0 saturated heterocycles. The second-order valence-electron chi connectivity index (χ2n) is 4.33. The van der Waals surface area contributed by atoms with Crippen LogP contribution < -0.4 is 9.84 Å². The summed E-state index contributed by atoms with van der Waals surface area (Å²) in [6.07, 6.45) is 2.82. The summed E-state index contributed by atoms with van der Waals surface area (Å²) in [4.78, 5) is 10.4. The molecule has 0 aromatic heterocycles. The number of carboxylic acid groups (broad SMARTS) is 1. The van der Waals surface area contributed by atoms with E-state index in [-0.39, 0.29) is 11.9 Å². The molecule has 1 aliphatic rings. The maximum atomic E-state index is 11.7. The average molecular weight is 245 g/mol. The van der Waals surface area contributed by atoms with Gasteiger partial charge in [-0.1, -0.05) is 12.3 Å². The molecule has 1 atom stereocenters. The van der Waals surface area contributed by atoms with Crippen molar-refractivity contribution in [2.75, 3.05) is 0 Å². The van der Waals surface area contributed by atoms with Crippen molar-refractivity contribution in [2.24, 2.45) is 0 Å². The SMILES string of the molecule is C=C(C)[C@H]1Cc2cc(/C=C/C(=O)O)c([O-])cc2O1. The van der Waals surface area contributed by atoms with Gasteiger partial charge >= 0.3 is 5.97 Å². The number of ether oxygens (including phenoxy) is 1. The highest BCUT2D eigenvalue weighted by Crippen LogP contribution is 2.35. The van der Waals surface area contributed by atoms with Crippen LogP contribution in [-0.4, -0.2) is 17.2 Å². The zero-order chi connectivity index (χ0) is 13.3. The monoisotopic (exact) mass is 245 g/mol. The Kier molecular flexibility index (Phi) is 3.10. The fourth-order valence-electron chi connectivity index (χ4n) is 1.86. The summed E-state index contributed by atoms with van der Waals surface area (Å²) >= 11 is 0. The number of carboxylic acids is 1. The third-order valence-corrected chi connectivity index (χ3v) is 2.82. The average Bonchev–Trinajstić information content (AvgIpc) is 2.68. The molecule has 0 saturated carbocycles. The third-order valence-electron chi connectivity index (χ3n) is 2.82. The Morgan fingerprint density at radius 2 is 2.33 bits per heavy atom. The van der Waals surface area contributed by atoms with Crippen LogP contribution in [0, 0.1) is 0 Å². The van der Waals surface area contributed by atoms with Crippen LogP contribution in [0.5, 0.6) is 11.5 Å². The topological polar surface area (TPSA) is 69.6 Å². The van der Waals surface area contributed by atoms with E-state index in [0.29, 0.717) is 17.7 Å². The fourth-order valence-corrected chi connectivity index (χ4v) is 1.86. The van der Waals surface area contributed by atoms with Crippen molar-refractivity contribution in [3.63, 3.8) is 0 Å². The molecule has 0 radical (unpaired) electrons. The molecule has 18 heavy (non-hydrogen) atoms. The van der Waals surface area contributed by atoms with Gasteiger partial charge in [-0.25, -0.2) is 4.79 Å². The molecular weight excluding hydrogens is 232 g/mol. The van der Waals surface area contributed by atoms with Crippen LogP contribution in [0.25, 0.3) is 6.08 Å². The number of hydrogen-bond donors (Lipinski definition) is 1. The summed E-state index contributed by atoms with van der Waals surface area (Å²) in [5, 5.41) is 20.3. The summed E-state index contributed by atoms with van der Waals surface area (Å²) in [7, 11) is 0. The van der Waals surface area contributed by atoms with Crippen LogP contribution in [0.2, 0.25) is 0 Å². The number of aliphatic carboxylic acids is 1. The minimum atomic E-state index is -1.08. The lowest BCUT2D eigenvalue weighted by atomic mass is 10.0. The number of rotatable bonds is 3. The molecule has 0 bridgehead atoms. The highest BCUT2D eigenvalue weighted by atomic mass is 16.5. The highest BCUT2D eigenvalue weighted by Gasteiger charge is 2.23. The Hall–Kier alpha value is -2.23. The van der Waals surface area contributed by atoms with Gasteiger partial charge in [-0.3, -0.25) is 0 Å². The maximum absolute atomic E-state index is 11.7. The zero-order valence-electron chi connectivity index (χ0n) is 9.97. The van der Waals surface area contributed by atoms with Gasteiger partial charge in [0.05, 0.1) is 0 Å². The minimum Gasteiger partial charge on any atom is -0.872 e. The van der Waals surface area contributed by atoms with E-state index < -0.39 is 5.97 Å². The Balaban J connectivity index is 2.31. The Morgan fingerprint density at radius 1 is 1.61 bits per heavy atom. The number of benzene rings is 1. The minimum absolute atomic E-state index is 0.0990. The molecule has 4 heteroatoms. The maximum Gasteiger partial charge on any atom is 0.328 e. The Labute approximate surface area is 105 Å². The van der Waals surface area contributed by atoms with E-state index in [4.69, 9.17) is 9.84 Å². The van der Waals surface area contributed by atoms with Crippen molar-refractivity contribution in [3.05, 3.63) is 41.5 Å². The molecule has 1 heterocycles. The highest BCUT2D eigenvalue weighted by molar-refractivity contribution is 5.86. The van der Waals surface area contributed by atoms with E-state index in [1.54, 1.807) is 6.07 Å². The molecule has 2 rings (SSSR count). The second-order valence-corrected chi connectivity index (χ2v) is 4.33. The number of hydrogen-bond acceptors (Lipinski definition) is 3. The second kappa shape index (κ2) is 4.56. The molecule has 94 valence electrons. The number of fused-ring (bicyclic) bond motifs is 1. The quantitative estimate of drug-likeness (QED) is 0.650. The van der Waals surface area contributed by atoms with Gasteiger partial charge in [-0.2, -0.15) is 0 Å². The van der Waals surface area contributed by atoms with E-state index in [1.165, 1.54) is 12.1 Å². The molecule has 4 nitrogen and oxygen atoms in total. The molecule has 1 aliphatic heterocycles. The molecule has 0 unspecified atom stereocenters. The molecule has 1 N–H and O–H groups in total. The van der Waals surface area contributed by atoms with E-state index in [2.05, 4.69) is 6.58 Å². The summed E-state index contributed by atoms with van der Waals surface area (Å²) in [6.45, 7) is 5.70. The molecule has 0 aliphatic carbocycles. The Bertz CT molecular complexity index is 543. The van der Waals surface area contributed by atoms with Crippen LogP contribution in [0.3, 0.4) is 0 Å². The molecule has 0 spiro atoms. The first-order chi connectivity index (χ1) is 8.47. The van der Waals surface area contributed by atoms with E-state index in [1.807, 2.05) is 6.92 Å². The van der Waals surface area contributed by atoms with Gasteiger partial charge < -0.3 is 14.9 Å². The molecular formula is C14H13O4-. The van der Waals surface area contributed by atoms with E-state index >= 15 is 0 Å². The van der Waals surface area contributed by atoms with Gasteiger partial charge in [0.1, 0.15) is 11.9 Å². The normalized spacial score (nSPS) is 17.5. The van der Waals surface area contributed by atoms with Crippen LogP contribution in [0.4, 0.5) is 0 Å². The summed E-state index contributed by atoms with van der Waals surface area (Å²) < 4.78 is 5.59. The lowest BCUT2D eigenvalue weighted by Gasteiger charge is -2.13. The molecule has 0 amide bonds. The standard InChI is InChI=1S/C14H14O4/c1-8(2)12-6-10-5-9(3-4-14(16)17)11(15)7-13(10)18-12/h3-5,7,12,15H,1,6H2,2H3,(H,16,17)/p-1/b4-3+/t12-/m1/s1. The largest absolute Gasteiger partial charge is 0.872 e. The predicted molar refractivity (Wildman–Crippen MR) is 65.5 cm³/mol. The van der Waals surface area contributed by atoms with Crippen LogP contribution >= 0.6 is 0 Å². The third kappa shape index (κ3) is 2.37. The predicted octanol–water partition coefficient (Wildman–Crippen LogP) is 1.74.